The van der Waals surface area contributed by atoms with Crippen LogP contribution in [0.4, 0.5) is 4.39 Å². The number of rotatable bonds is 1. The first-order chi connectivity index (χ1) is 4.72. The van der Waals surface area contributed by atoms with Crippen LogP contribution in [-0.4, -0.2) is 0 Å². The average Bonchev–Trinajstić information content (AvgIpc) is 1.85. The van der Waals surface area contributed by atoms with Crippen LogP contribution in [0.5, 0.6) is 0 Å². The summed E-state index contributed by atoms with van der Waals surface area (Å²) in [6, 6.07) is 5.12. The van der Waals surface area contributed by atoms with Gasteiger partial charge in [-0.25, -0.2) is 4.39 Å². The molecule has 0 aliphatic rings. The zero-order valence-corrected chi connectivity index (χ0v) is 6.32. The standard InChI is InChI=1S/C9H11F/c1-3-8-4-7(2)5-9(10)6-8/h4-6H,3H2,1-2H3. The van der Waals surface area contributed by atoms with Crippen molar-refractivity contribution < 1.29 is 4.39 Å². The lowest BCUT2D eigenvalue weighted by molar-refractivity contribution is 0.624. The fourth-order valence-corrected chi connectivity index (χ4v) is 1.02. The molecule has 0 spiro atoms. The summed E-state index contributed by atoms with van der Waals surface area (Å²) < 4.78 is 12.6. The van der Waals surface area contributed by atoms with E-state index < -0.39 is 0 Å². The van der Waals surface area contributed by atoms with Gasteiger partial charge < -0.3 is 0 Å². The molecule has 0 saturated carbocycles. The fourth-order valence-electron chi connectivity index (χ4n) is 1.02. The largest absolute Gasteiger partial charge is 0.207 e. The van der Waals surface area contributed by atoms with Crippen LogP contribution in [0.15, 0.2) is 18.2 Å². The normalized spacial score (nSPS) is 9.90. The van der Waals surface area contributed by atoms with Crippen LogP contribution < -0.4 is 0 Å². The Hall–Kier alpha value is -0.850. The zero-order valence-electron chi connectivity index (χ0n) is 6.32. The minimum absolute atomic E-state index is 0.128. The fraction of sp³-hybridized carbons (Fsp3) is 0.333. The molecule has 0 atom stereocenters. The molecular formula is C9H11F. The summed E-state index contributed by atoms with van der Waals surface area (Å²) >= 11 is 0. The Bertz CT molecular complexity index is 208. The lowest BCUT2D eigenvalue weighted by atomic mass is 10.1. The van der Waals surface area contributed by atoms with E-state index in [0.717, 1.165) is 17.5 Å². The van der Waals surface area contributed by atoms with Crippen molar-refractivity contribution in [2.45, 2.75) is 20.3 Å². The van der Waals surface area contributed by atoms with Gasteiger partial charge in [-0.3, -0.25) is 0 Å². The Labute approximate surface area is 60.7 Å². The van der Waals surface area contributed by atoms with E-state index in [1.54, 1.807) is 12.1 Å². The summed E-state index contributed by atoms with van der Waals surface area (Å²) in [6.07, 6.45) is 0.901. The molecule has 1 aromatic carbocycles. The molecule has 0 saturated heterocycles. The van der Waals surface area contributed by atoms with E-state index in [9.17, 15) is 4.39 Å². The van der Waals surface area contributed by atoms with Crippen molar-refractivity contribution in [3.8, 4) is 0 Å². The maximum absolute atomic E-state index is 12.6. The van der Waals surface area contributed by atoms with Gasteiger partial charge in [-0.2, -0.15) is 0 Å². The van der Waals surface area contributed by atoms with Crippen LogP contribution in [0.2, 0.25) is 0 Å². The molecule has 1 rings (SSSR count). The molecule has 1 heteroatoms. The molecule has 0 unspecified atom stereocenters. The summed E-state index contributed by atoms with van der Waals surface area (Å²) in [7, 11) is 0. The van der Waals surface area contributed by atoms with Crippen LogP contribution in [0.25, 0.3) is 0 Å². The molecule has 0 heterocycles. The molecule has 0 aliphatic heterocycles. The van der Waals surface area contributed by atoms with E-state index >= 15 is 0 Å². The molecule has 10 heavy (non-hydrogen) atoms. The third-order valence-electron chi connectivity index (χ3n) is 1.51. The smallest absolute Gasteiger partial charge is 0.123 e. The van der Waals surface area contributed by atoms with Gasteiger partial charge in [0.05, 0.1) is 0 Å². The maximum Gasteiger partial charge on any atom is 0.123 e. The number of hydrogen-bond donors (Lipinski definition) is 0. The summed E-state index contributed by atoms with van der Waals surface area (Å²) in [5.74, 6) is -0.128. The minimum atomic E-state index is -0.128. The van der Waals surface area contributed by atoms with E-state index in [-0.39, 0.29) is 5.82 Å². The minimum Gasteiger partial charge on any atom is -0.207 e. The molecule has 0 radical (unpaired) electrons. The molecule has 0 aromatic heterocycles. The van der Waals surface area contributed by atoms with Gasteiger partial charge in [-0.05, 0) is 36.6 Å². The van der Waals surface area contributed by atoms with Crippen molar-refractivity contribution in [1.82, 2.24) is 0 Å². The van der Waals surface area contributed by atoms with Crippen LogP contribution >= 0.6 is 0 Å². The Morgan fingerprint density at radius 3 is 2.50 bits per heavy atom. The van der Waals surface area contributed by atoms with E-state index in [2.05, 4.69) is 0 Å². The van der Waals surface area contributed by atoms with Crippen LogP contribution in [0.1, 0.15) is 18.1 Å². The van der Waals surface area contributed by atoms with Crippen LogP contribution in [-0.2, 0) is 6.42 Å². The molecular weight excluding hydrogens is 127 g/mol. The lowest BCUT2D eigenvalue weighted by Crippen LogP contribution is -1.84. The second-order valence-electron chi connectivity index (χ2n) is 2.49. The first-order valence-corrected chi connectivity index (χ1v) is 3.48. The predicted octanol–water partition coefficient (Wildman–Crippen LogP) is 2.70. The van der Waals surface area contributed by atoms with Gasteiger partial charge in [0.2, 0.25) is 0 Å². The molecule has 0 bridgehead atoms. The molecule has 0 nitrogen and oxygen atoms in total. The van der Waals surface area contributed by atoms with Gasteiger partial charge in [0.25, 0.3) is 0 Å². The molecule has 0 amide bonds. The quantitative estimate of drug-likeness (QED) is 0.559. The first-order valence-electron chi connectivity index (χ1n) is 3.48. The second-order valence-corrected chi connectivity index (χ2v) is 2.49. The SMILES string of the molecule is CCc1cc(C)cc(F)c1. The monoisotopic (exact) mass is 138 g/mol. The van der Waals surface area contributed by atoms with Gasteiger partial charge >= 0.3 is 0 Å². The van der Waals surface area contributed by atoms with Crippen molar-refractivity contribution in [3.63, 3.8) is 0 Å². The topological polar surface area (TPSA) is 0 Å². The highest BCUT2D eigenvalue weighted by Crippen LogP contribution is 2.07. The molecule has 0 N–H and O–H groups in total. The highest BCUT2D eigenvalue weighted by atomic mass is 19.1. The summed E-state index contributed by atoms with van der Waals surface area (Å²) in [4.78, 5) is 0. The first kappa shape index (κ1) is 7.26. The van der Waals surface area contributed by atoms with E-state index in [1.165, 1.54) is 0 Å². The second kappa shape index (κ2) is 2.82. The maximum atomic E-state index is 12.6. The Kier molecular flexibility index (Phi) is 2.05. The van der Waals surface area contributed by atoms with E-state index in [1.807, 2.05) is 19.9 Å². The highest BCUT2D eigenvalue weighted by Gasteiger charge is 1.93. The average molecular weight is 138 g/mol. The Morgan fingerprint density at radius 1 is 1.30 bits per heavy atom. The third-order valence-corrected chi connectivity index (χ3v) is 1.51. The zero-order chi connectivity index (χ0) is 7.56. The van der Waals surface area contributed by atoms with E-state index in [0.29, 0.717) is 0 Å². The van der Waals surface area contributed by atoms with Gasteiger partial charge in [-0.1, -0.05) is 13.0 Å². The van der Waals surface area contributed by atoms with Crippen LogP contribution in [0.3, 0.4) is 0 Å². The van der Waals surface area contributed by atoms with Crippen molar-refractivity contribution in [1.29, 1.82) is 0 Å². The number of halogens is 1. The van der Waals surface area contributed by atoms with Crippen LogP contribution in [0, 0.1) is 12.7 Å². The van der Waals surface area contributed by atoms with Gasteiger partial charge in [0.15, 0.2) is 0 Å². The van der Waals surface area contributed by atoms with Crippen molar-refractivity contribution in [2.24, 2.45) is 0 Å². The lowest BCUT2D eigenvalue weighted by Gasteiger charge is -1.97. The van der Waals surface area contributed by atoms with Crippen molar-refractivity contribution >= 4 is 0 Å². The van der Waals surface area contributed by atoms with Gasteiger partial charge in [0, 0.05) is 0 Å². The van der Waals surface area contributed by atoms with Gasteiger partial charge in [-0.15, -0.1) is 0 Å². The molecule has 1 aromatic rings. The van der Waals surface area contributed by atoms with E-state index in [4.69, 9.17) is 0 Å². The van der Waals surface area contributed by atoms with Gasteiger partial charge in [0.1, 0.15) is 5.82 Å². The van der Waals surface area contributed by atoms with Crippen molar-refractivity contribution in [3.05, 3.63) is 35.1 Å². The summed E-state index contributed by atoms with van der Waals surface area (Å²) in [5, 5.41) is 0. The predicted molar refractivity (Wildman–Crippen MR) is 40.5 cm³/mol. The summed E-state index contributed by atoms with van der Waals surface area (Å²) in [5.41, 5.74) is 2.06. The third kappa shape index (κ3) is 1.56. The number of aryl methyl sites for hydroxylation is 2. The Morgan fingerprint density at radius 2 is 2.00 bits per heavy atom. The molecule has 0 aliphatic carbocycles. The van der Waals surface area contributed by atoms with Crippen molar-refractivity contribution in [2.75, 3.05) is 0 Å². The number of benzene rings is 1. The molecule has 0 fully saturated rings. The highest BCUT2D eigenvalue weighted by molar-refractivity contribution is 5.23. The molecule has 54 valence electrons. The number of hydrogen-bond acceptors (Lipinski definition) is 0. The summed E-state index contributed by atoms with van der Waals surface area (Å²) in [6.45, 7) is 3.93. The Balaban J connectivity index is 3.06.